The summed E-state index contributed by atoms with van der Waals surface area (Å²) in [4.78, 5) is 22.8. The zero-order valence-corrected chi connectivity index (χ0v) is 12.6. The predicted molar refractivity (Wildman–Crippen MR) is 82.4 cm³/mol. The topological polar surface area (TPSA) is 75.9 Å². The van der Waals surface area contributed by atoms with Crippen molar-refractivity contribution in [3.05, 3.63) is 36.4 Å². The van der Waals surface area contributed by atoms with Crippen LogP contribution >= 0.6 is 0 Å². The van der Waals surface area contributed by atoms with Gasteiger partial charge >= 0.3 is 0 Å². The molecule has 1 saturated heterocycles. The number of nitrogens with zero attached hydrogens (tertiary/aromatic N) is 5. The van der Waals surface area contributed by atoms with Crippen LogP contribution in [0.5, 0.6) is 0 Å². The van der Waals surface area contributed by atoms with Crippen molar-refractivity contribution >= 4 is 11.9 Å². The lowest BCUT2D eigenvalue weighted by atomic mass is 10.1. The highest BCUT2D eigenvalue weighted by Crippen LogP contribution is 2.15. The van der Waals surface area contributed by atoms with Gasteiger partial charge in [-0.05, 0) is 31.9 Å². The molecule has 1 fully saturated rings. The van der Waals surface area contributed by atoms with E-state index in [-0.39, 0.29) is 18.5 Å². The zero-order chi connectivity index (χ0) is 15.4. The third-order valence-corrected chi connectivity index (χ3v) is 3.70. The Morgan fingerprint density at radius 1 is 1.41 bits per heavy atom. The van der Waals surface area contributed by atoms with E-state index in [2.05, 4.69) is 25.3 Å². The number of carbonyl (C=O) groups excluding carboxylic acids is 1. The summed E-state index contributed by atoms with van der Waals surface area (Å²) in [5.74, 6) is 0.716. The minimum absolute atomic E-state index is 0.0102. The van der Waals surface area contributed by atoms with Gasteiger partial charge in [0.25, 0.3) is 0 Å². The molecule has 2 aromatic rings. The van der Waals surface area contributed by atoms with Crippen LogP contribution in [0.25, 0.3) is 0 Å². The number of carbonyl (C=O) groups is 1. The van der Waals surface area contributed by atoms with Gasteiger partial charge in [-0.25, -0.2) is 9.97 Å². The molecule has 0 radical (unpaired) electrons. The van der Waals surface area contributed by atoms with Crippen molar-refractivity contribution in [2.75, 3.05) is 18.0 Å². The largest absolute Gasteiger partial charge is 0.350 e. The first-order valence-electron chi connectivity index (χ1n) is 7.52. The van der Waals surface area contributed by atoms with Gasteiger partial charge in [-0.1, -0.05) is 0 Å². The maximum atomic E-state index is 12.1. The van der Waals surface area contributed by atoms with E-state index in [1.165, 1.54) is 0 Å². The first-order valence-corrected chi connectivity index (χ1v) is 7.52. The average molecular weight is 300 g/mol. The van der Waals surface area contributed by atoms with Crippen molar-refractivity contribution in [1.82, 2.24) is 25.1 Å². The predicted octanol–water partition coefficient (Wildman–Crippen LogP) is 0.767. The molecular weight excluding hydrogens is 280 g/mol. The minimum atomic E-state index is -0.0102. The van der Waals surface area contributed by atoms with Crippen molar-refractivity contribution in [2.45, 2.75) is 32.4 Å². The Balaban J connectivity index is 1.55. The lowest BCUT2D eigenvalue weighted by Crippen LogP contribution is -2.49. The van der Waals surface area contributed by atoms with E-state index in [0.29, 0.717) is 0 Å². The van der Waals surface area contributed by atoms with Crippen molar-refractivity contribution in [2.24, 2.45) is 0 Å². The molecule has 7 heteroatoms. The van der Waals surface area contributed by atoms with E-state index in [4.69, 9.17) is 0 Å². The van der Waals surface area contributed by atoms with E-state index in [1.807, 2.05) is 19.2 Å². The number of hydrogen-bond donors (Lipinski definition) is 1. The van der Waals surface area contributed by atoms with Gasteiger partial charge in [0.15, 0.2) is 0 Å². The van der Waals surface area contributed by atoms with Gasteiger partial charge in [0.1, 0.15) is 6.54 Å². The number of anilines is 1. The van der Waals surface area contributed by atoms with Crippen LogP contribution < -0.4 is 10.2 Å². The molecule has 3 rings (SSSR count). The van der Waals surface area contributed by atoms with Gasteiger partial charge in [0, 0.05) is 37.7 Å². The molecular formula is C15H20N6O. The van der Waals surface area contributed by atoms with E-state index in [9.17, 15) is 4.79 Å². The molecule has 1 amide bonds. The van der Waals surface area contributed by atoms with Gasteiger partial charge in [0.2, 0.25) is 11.9 Å². The van der Waals surface area contributed by atoms with Crippen LogP contribution in [-0.2, 0) is 11.3 Å². The Hall–Kier alpha value is -2.44. The molecule has 7 nitrogen and oxygen atoms in total. The van der Waals surface area contributed by atoms with Crippen molar-refractivity contribution in [3.63, 3.8) is 0 Å². The number of aromatic nitrogens is 4. The highest BCUT2D eigenvalue weighted by molar-refractivity contribution is 5.76. The quantitative estimate of drug-likeness (QED) is 0.902. The smallest absolute Gasteiger partial charge is 0.242 e. The van der Waals surface area contributed by atoms with Crippen LogP contribution in [0.15, 0.2) is 30.7 Å². The Morgan fingerprint density at radius 2 is 2.23 bits per heavy atom. The van der Waals surface area contributed by atoms with E-state index in [1.54, 1.807) is 23.1 Å². The second-order valence-electron chi connectivity index (χ2n) is 5.56. The summed E-state index contributed by atoms with van der Waals surface area (Å²) in [7, 11) is 0. The summed E-state index contributed by atoms with van der Waals surface area (Å²) in [6, 6.07) is 3.82. The monoisotopic (exact) mass is 300 g/mol. The third kappa shape index (κ3) is 3.60. The molecule has 1 unspecified atom stereocenters. The van der Waals surface area contributed by atoms with Gasteiger partial charge in [-0.2, -0.15) is 5.10 Å². The van der Waals surface area contributed by atoms with Gasteiger partial charge in [-0.3, -0.25) is 9.48 Å². The maximum absolute atomic E-state index is 12.1. The highest BCUT2D eigenvalue weighted by Gasteiger charge is 2.22. The van der Waals surface area contributed by atoms with Crippen LogP contribution in [0.3, 0.4) is 0 Å². The molecule has 3 heterocycles. The first kappa shape index (κ1) is 14.5. The van der Waals surface area contributed by atoms with Gasteiger partial charge in [0.05, 0.1) is 5.69 Å². The lowest BCUT2D eigenvalue weighted by molar-refractivity contribution is -0.122. The third-order valence-electron chi connectivity index (χ3n) is 3.70. The highest BCUT2D eigenvalue weighted by atomic mass is 16.2. The maximum Gasteiger partial charge on any atom is 0.242 e. The number of nitrogens with one attached hydrogen (secondary N) is 1. The zero-order valence-electron chi connectivity index (χ0n) is 12.6. The molecule has 1 atom stereocenters. The molecule has 1 aliphatic heterocycles. The number of hydrogen-bond acceptors (Lipinski definition) is 5. The summed E-state index contributed by atoms with van der Waals surface area (Å²) in [5.41, 5.74) is 0.915. The van der Waals surface area contributed by atoms with Crippen LogP contribution in [0, 0.1) is 6.92 Å². The standard InChI is InChI=1S/C15H20N6O/c1-12-5-9-21(19-12)11-14(22)18-13-4-2-8-20(10-13)15-16-6-3-7-17-15/h3,5-7,9,13H,2,4,8,10-11H2,1H3,(H,18,22). The van der Waals surface area contributed by atoms with Crippen molar-refractivity contribution < 1.29 is 4.79 Å². The van der Waals surface area contributed by atoms with E-state index in [0.717, 1.165) is 37.6 Å². The molecule has 0 spiro atoms. The Morgan fingerprint density at radius 3 is 2.95 bits per heavy atom. The molecule has 1 aliphatic rings. The Kier molecular flexibility index (Phi) is 4.32. The number of rotatable bonds is 4. The number of amides is 1. The summed E-state index contributed by atoms with van der Waals surface area (Å²) in [5, 5.41) is 7.31. The van der Waals surface area contributed by atoms with Crippen molar-refractivity contribution in [1.29, 1.82) is 0 Å². The fourth-order valence-electron chi connectivity index (χ4n) is 2.70. The fourth-order valence-corrected chi connectivity index (χ4v) is 2.70. The van der Waals surface area contributed by atoms with Gasteiger partial charge < -0.3 is 10.2 Å². The molecule has 0 aliphatic carbocycles. The molecule has 22 heavy (non-hydrogen) atoms. The average Bonchev–Trinajstić information content (AvgIpc) is 2.93. The summed E-state index contributed by atoms with van der Waals surface area (Å²) < 4.78 is 1.66. The van der Waals surface area contributed by atoms with E-state index >= 15 is 0 Å². The molecule has 0 saturated carbocycles. The number of piperidine rings is 1. The van der Waals surface area contributed by atoms with Gasteiger partial charge in [-0.15, -0.1) is 0 Å². The van der Waals surface area contributed by atoms with Crippen LogP contribution in [0.1, 0.15) is 18.5 Å². The summed E-state index contributed by atoms with van der Waals surface area (Å²) in [6.45, 7) is 3.84. The second-order valence-corrected chi connectivity index (χ2v) is 5.56. The fraction of sp³-hybridized carbons (Fsp3) is 0.467. The molecule has 0 aromatic carbocycles. The SMILES string of the molecule is Cc1ccn(CC(=O)NC2CCCN(c3ncccn3)C2)n1. The van der Waals surface area contributed by atoms with Crippen molar-refractivity contribution in [3.8, 4) is 0 Å². The molecule has 2 aromatic heterocycles. The molecule has 0 bridgehead atoms. The minimum Gasteiger partial charge on any atom is -0.350 e. The summed E-state index contributed by atoms with van der Waals surface area (Å²) >= 11 is 0. The molecule has 1 N–H and O–H groups in total. The normalized spacial score (nSPS) is 18.2. The first-order chi connectivity index (χ1) is 10.7. The van der Waals surface area contributed by atoms with Crippen LogP contribution in [0.2, 0.25) is 0 Å². The second kappa shape index (κ2) is 6.55. The lowest BCUT2D eigenvalue weighted by Gasteiger charge is -2.33. The summed E-state index contributed by atoms with van der Waals surface area (Å²) in [6.07, 6.45) is 7.30. The number of aryl methyl sites for hydroxylation is 1. The Labute approximate surface area is 129 Å². The van der Waals surface area contributed by atoms with Crippen LogP contribution in [-0.4, -0.2) is 44.8 Å². The Bertz CT molecular complexity index is 626. The van der Waals surface area contributed by atoms with Crippen LogP contribution in [0.4, 0.5) is 5.95 Å². The molecule has 116 valence electrons. The van der Waals surface area contributed by atoms with E-state index < -0.39 is 0 Å².